The predicted octanol–water partition coefficient (Wildman–Crippen LogP) is 1.95. The molecular weight excluding hydrogens is 213 g/mol. The molecule has 0 aliphatic rings. The quantitative estimate of drug-likeness (QED) is 0.436. The molecule has 1 N–H and O–H groups in total. The van der Waals surface area contributed by atoms with E-state index in [1.807, 2.05) is 0 Å². The second-order valence-corrected chi connectivity index (χ2v) is 2.76. The summed E-state index contributed by atoms with van der Waals surface area (Å²) in [4.78, 5) is 0. The Bertz CT molecular complexity index is 147. The molecule has 1 atom stereocenters. The van der Waals surface area contributed by atoms with Crippen LogP contribution < -0.4 is 0 Å². The van der Waals surface area contributed by atoms with Gasteiger partial charge in [-0.05, 0) is 17.7 Å². The highest BCUT2D eigenvalue weighted by molar-refractivity contribution is 6.22. The van der Waals surface area contributed by atoms with Gasteiger partial charge >= 0.3 is 5.38 Å². The minimum atomic E-state index is -3.67. The average molecular weight is 221 g/mol. The van der Waals surface area contributed by atoms with Crippen LogP contribution in [0.1, 0.15) is 0 Å². The zero-order chi connectivity index (χ0) is 9.61. The second-order valence-electron chi connectivity index (χ2n) is 1.87. The number of alkyl halides is 4. The van der Waals surface area contributed by atoms with E-state index >= 15 is 0 Å². The number of ether oxygens (including phenoxy) is 1. The van der Waals surface area contributed by atoms with E-state index in [0.29, 0.717) is 0 Å². The zero-order valence-electron chi connectivity index (χ0n) is 6.01. The Kier molecular flexibility index (Phi) is 5.53. The largest absolute Gasteiger partial charge is 0.500 e. The molecule has 0 heterocycles. The Morgan fingerprint density at radius 2 is 2.17 bits per heavy atom. The maximum absolute atomic E-state index is 12.0. The summed E-state index contributed by atoms with van der Waals surface area (Å²) in [6.07, 6.45) is -0.363. The van der Waals surface area contributed by atoms with Crippen molar-refractivity contribution in [2.45, 2.75) is 11.5 Å². The van der Waals surface area contributed by atoms with Gasteiger partial charge in [0.05, 0.1) is 12.1 Å². The summed E-state index contributed by atoms with van der Waals surface area (Å²) < 4.78 is 28.6. The van der Waals surface area contributed by atoms with Gasteiger partial charge in [-0.3, -0.25) is 0 Å². The van der Waals surface area contributed by atoms with E-state index in [-0.39, 0.29) is 12.5 Å². The average Bonchev–Trinajstić information content (AvgIpc) is 1.96. The molecule has 0 bridgehead atoms. The van der Waals surface area contributed by atoms with Gasteiger partial charge in [0, 0.05) is 0 Å². The van der Waals surface area contributed by atoms with Crippen molar-refractivity contribution < 1.29 is 18.6 Å². The van der Waals surface area contributed by atoms with Crippen molar-refractivity contribution >= 4 is 23.2 Å². The fourth-order valence-electron chi connectivity index (χ4n) is 0.352. The molecule has 0 rings (SSSR count). The van der Waals surface area contributed by atoms with Gasteiger partial charge in [-0.15, -0.1) is 11.6 Å². The van der Waals surface area contributed by atoms with Crippen molar-refractivity contribution in [2.75, 3.05) is 12.5 Å². The lowest BCUT2D eigenvalue weighted by molar-refractivity contribution is -0.0155. The number of hydrogen-bond donors (Lipinski definition) is 1. The van der Waals surface area contributed by atoms with Gasteiger partial charge in [0.25, 0.3) is 0 Å². The molecule has 12 heavy (non-hydrogen) atoms. The van der Waals surface area contributed by atoms with Crippen LogP contribution in [0.5, 0.6) is 0 Å². The number of hydrogen-bond acceptors (Lipinski definition) is 2. The zero-order valence-corrected chi connectivity index (χ0v) is 7.53. The molecular formula is C6H8Cl2F2O2. The molecule has 0 amide bonds. The van der Waals surface area contributed by atoms with Crippen LogP contribution >= 0.6 is 23.2 Å². The summed E-state index contributed by atoms with van der Waals surface area (Å²) in [6, 6.07) is 0. The maximum atomic E-state index is 12.0. The topological polar surface area (TPSA) is 29.5 Å². The smallest absolute Gasteiger partial charge is 0.350 e. The predicted molar refractivity (Wildman–Crippen MR) is 42.6 cm³/mol. The van der Waals surface area contributed by atoms with Crippen LogP contribution in [0.15, 0.2) is 12.3 Å². The van der Waals surface area contributed by atoms with Crippen molar-refractivity contribution in [3.8, 4) is 0 Å². The summed E-state index contributed by atoms with van der Waals surface area (Å²) in [5.41, 5.74) is 0. The summed E-state index contributed by atoms with van der Waals surface area (Å²) >= 11 is 9.69. The molecule has 6 heteroatoms. The second kappa shape index (κ2) is 5.56. The van der Waals surface area contributed by atoms with E-state index in [1.54, 1.807) is 0 Å². The normalized spacial score (nSPS) is 15.1. The van der Waals surface area contributed by atoms with Crippen LogP contribution in [0.4, 0.5) is 8.78 Å². The number of rotatable bonds is 5. The molecule has 2 nitrogen and oxygen atoms in total. The Morgan fingerprint density at radius 3 is 2.58 bits per heavy atom. The van der Waals surface area contributed by atoms with Crippen LogP contribution in [-0.4, -0.2) is 29.1 Å². The molecule has 0 aromatic carbocycles. The summed E-state index contributed by atoms with van der Waals surface area (Å²) in [5.74, 6) is 0.248. The summed E-state index contributed by atoms with van der Waals surface area (Å²) in [7, 11) is 0. The van der Waals surface area contributed by atoms with Crippen molar-refractivity contribution in [1.29, 1.82) is 0 Å². The Hall–Kier alpha value is -0.0600. The van der Waals surface area contributed by atoms with Crippen LogP contribution in [0.3, 0.4) is 0 Å². The third-order valence-electron chi connectivity index (χ3n) is 0.887. The van der Waals surface area contributed by atoms with Gasteiger partial charge in [0.1, 0.15) is 6.61 Å². The number of aliphatic hydroxyl groups is 1. The van der Waals surface area contributed by atoms with E-state index in [1.165, 1.54) is 0 Å². The third-order valence-corrected chi connectivity index (χ3v) is 1.27. The van der Waals surface area contributed by atoms with E-state index in [2.05, 4.69) is 16.3 Å². The SMILES string of the molecule is OC(C=COCCCl)C(F)(F)Cl. The first kappa shape index (κ1) is 11.9. The lowest BCUT2D eigenvalue weighted by atomic mass is 10.4. The highest BCUT2D eigenvalue weighted by Crippen LogP contribution is 2.23. The monoisotopic (exact) mass is 220 g/mol. The van der Waals surface area contributed by atoms with E-state index in [9.17, 15) is 8.78 Å². The van der Waals surface area contributed by atoms with Crippen LogP contribution in [-0.2, 0) is 4.74 Å². The van der Waals surface area contributed by atoms with Gasteiger partial charge in [0.2, 0.25) is 0 Å². The van der Waals surface area contributed by atoms with Gasteiger partial charge in [0.15, 0.2) is 6.10 Å². The van der Waals surface area contributed by atoms with E-state index < -0.39 is 11.5 Å². The molecule has 0 aromatic heterocycles. The van der Waals surface area contributed by atoms with E-state index in [4.69, 9.17) is 16.7 Å². The van der Waals surface area contributed by atoms with Crippen molar-refractivity contribution in [3.05, 3.63) is 12.3 Å². The molecule has 0 spiro atoms. The molecule has 0 radical (unpaired) electrons. The summed E-state index contributed by atoms with van der Waals surface area (Å²) in [6.45, 7) is 0.193. The van der Waals surface area contributed by atoms with Gasteiger partial charge in [-0.2, -0.15) is 8.78 Å². The molecule has 0 aliphatic carbocycles. The first-order valence-corrected chi connectivity index (χ1v) is 3.98. The molecule has 0 aliphatic heterocycles. The molecule has 0 saturated heterocycles. The molecule has 0 fully saturated rings. The Balaban J connectivity index is 3.68. The molecule has 0 aromatic rings. The fourth-order valence-corrected chi connectivity index (χ4v) is 0.513. The van der Waals surface area contributed by atoms with Crippen LogP contribution in [0.25, 0.3) is 0 Å². The first-order valence-electron chi connectivity index (χ1n) is 3.07. The van der Waals surface area contributed by atoms with Gasteiger partial charge < -0.3 is 9.84 Å². The molecule has 0 saturated carbocycles. The minimum Gasteiger partial charge on any atom is -0.500 e. The summed E-state index contributed by atoms with van der Waals surface area (Å²) in [5, 5.41) is 4.94. The number of halogens is 4. The standard InChI is InChI=1S/C6H8Cl2F2O2/c7-2-4-12-3-1-5(11)6(8,9)10/h1,3,5,11H,2,4H2. The van der Waals surface area contributed by atoms with Crippen molar-refractivity contribution in [2.24, 2.45) is 0 Å². The maximum Gasteiger partial charge on any atom is 0.350 e. The van der Waals surface area contributed by atoms with E-state index in [0.717, 1.165) is 12.3 Å². The third kappa shape index (κ3) is 5.57. The molecule has 1 unspecified atom stereocenters. The van der Waals surface area contributed by atoms with Crippen LogP contribution in [0, 0.1) is 0 Å². The fraction of sp³-hybridized carbons (Fsp3) is 0.667. The van der Waals surface area contributed by atoms with Crippen LogP contribution in [0.2, 0.25) is 0 Å². The lowest BCUT2D eigenvalue weighted by Gasteiger charge is -2.10. The van der Waals surface area contributed by atoms with Crippen molar-refractivity contribution in [3.63, 3.8) is 0 Å². The van der Waals surface area contributed by atoms with Gasteiger partial charge in [-0.1, -0.05) is 0 Å². The number of aliphatic hydroxyl groups excluding tert-OH is 1. The van der Waals surface area contributed by atoms with Gasteiger partial charge in [-0.25, -0.2) is 0 Å². The highest BCUT2D eigenvalue weighted by Gasteiger charge is 2.33. The van der Waals surface area contributed by atoms with Crippen molar-refractivity contribution in [1.82, 2.24) is 0 Å². The minimum absolute atomic E-state index is 0.193. The first-order chi connectivity index (χ1) is 5.48. The molecule has 72 valence electrons. The Labute approximate surface area is 78.7 Å². The lowest BCUT2D eigenvalue weighted by Crippen LogP contribution is -2.24. The highest BCUT2D eigenvalue weighted by atomic mass is 35.5. The Morgan fingerprint density at radius 1 is 1.58 bits per heavy atom.